The van der Waals surface area contributed by atoms with Crippen molar-refractivity contribution in [2.24, 2.45) is 0 Å². The fraction of sp³-hybridized carbons (Fsp3) is 0. The molecule has 3 aromatic heterocycles. The third kappa shape index (κ3) is 3.00. The van der Waals surface area contributed by atoms with E-state index in [2.05, 4.69) is 114 Å². The Bertz CT molecular complexity index is 3230. The van der Waals surface area contributed by atoms with E-state index in [1.165, 1.54) is 54.2 Å². The third-order valence-electron chi connectivity index (χ3n) is 10.5. The highest BCUT2D eigenvalue weighted by Crippen LogP contribution is 2.50. The van der Waals surface area contributed by atoms with Crippen LogP contribution in [0.15, 0.2) is 144 Å². The number of furan rings is 1. The molecule has 11 aromatic rings. The van der Waals surface area contributed by atoms with Gasteiger partial charge in [0.05, 0.1) is 22.1 Å². The Balaban J connectivity index is 1.28. The van der Waals surface area contributed by atoms with Gasteiger partial charge in [0.2, 0.25) is 0 Å². The van der Waals surface area contributed by atoms with Crippen molar-refractivity contribution < 1.29 is 4.42 Å². The summed E-state index contributed by atoms with van der Waals surface area (Å²) >= 11 is 0. The van der Waals surface area contributed by atoms with Gasteiger partial charge < -0.3 is 4.42 Å². The zero-order chi connectivity index (χ0) is 31.1. The second kappa shape index (κ2) is 8.64. The van der Waals surface area contributed by atoms with Crippen LogP contribution in [-0.4, -0.2) is 14.5 Å². The van der Waals surface area contributed by atoms with E-state index in [0.29, 0.717) is 0 Å². The normalized spacial score (nSPS) is 12.6. The fourth-order valence-corrected chi connectivity index (χ4v) is 8.45. The van der Waals surface area contributed by atoms with Gasteiger partial charge in [-0.25, -0.2) is 9.97 Å². The van der Waals surface area contributed by atoms with Gasteiger partial charge in [-0.15, -0.1) is 0 Å². The second-order valence-electron chi connectivity index (χ2n) is 12.9. The lowest BCUT2D eigenvalue weighted by Gasteiger charge is -2.15. The van der Waals surface area contributed by atoms with Crippen LogP contribution < -0.4 is 0 Å². The number of fused-ring (bicyclic) bond motifs is 5. The van der Waals surface area contributed by atoms with E-state index in [4.69, 9.17) is 14.4 Å². The minimum absolute atomic E-state index is 0.816. The average molecular weight is 610 g/mol. The van der Waals surface area contributed by atoms with Gasteiger partial charge in [-0.05, 0) is 86.6 Å². The van der Waals surface area contributed by atoms with E-state index in [1.54, 1.807) is 0 Å². The van der Waals surface area contributed by atoms with E-state index >= 15 is 0 Å². The van der Waals surface area contributed by atoms with Crippen LogP contribution in [0.2, 0.25) is 0 Å². The van der Waals surface area contributed by atoms with Crippen LogP contribution >= 0.6 is 0 Å². The van der Waals surface area contributed by atoms with Gasteiger partial charge in [0.15, 0.2) is 5.82 Å². The molecule has 1 aliphatic carbocycles. The molecule has 0 aliphatic heterocycles. The minimum atomic E-state index is 0.816. The smallest absolute Gasteiger partial charge is 0.165 e. The molecule has 0 fully saturated rings. The number of hydrogen-bond donors (Lipinski definition) is 0. The molecule has 220 valence electrons. The van der Waals surface area contributed by atoms with Gasteiger partial charge in [0.25, 0.3) is 0 Å². The summed E-state index contributed by atoms with van der Waals surface area (Å²) in [4.78, 5) is 10.8. The predicted molar refractivity (Wildman–Crippen MR) is 198 cm³/mol. The molecular weight excluding hydrogens is 587 g/mol. The highest BCUT2D eigenvalue weighted by atomic mass is 16.3. The van der Waals surface area contributed by atoms with Crippen molar-refractivity contribution in [3.63, 3.8) is 0 Å². The molecule has 4 heteroatoms. The summed E-state index contributed by atoms with van der Waals surface area (Å²) in [6, 6.07) is 49.8. The number of aromatic nitrogens is 3. The van der Waals surface area contributed by atoms with Crippen molar-refractivity contribution in [2.45, 2.75) is 0 Å². The van der Waals surface area contributed by atoms with E-state index in [0.717, 1.165) is 61.1 Å². The molecule has 48 heavy (non-hydrogen) atoms. The number of rotatable bonds is 2. The summed E-state index contributed by atoms with van der Waals surface area (Å²) in [7, 11) is 0. The lowest BCUT2D eigenvalue weighted by atomic mass is 9.93. The van der Waals surface area contributed by atoms with Crippen LogP contribution in [0.4, 0.5) is 0 Å². The molecule has 0 bridgehead atoms. The summed E-state index contributed by atoms with van der Waals surface area (Å²) in [5.41, 5.74) is 10.1. The molecule has 0 saturated carbocycles. The zero-order valence-electron chi connectivity index (χ0n) is 25.5. The summed E-state index contributed by atoms with van der Waals surface area (Å²) in [6.45, 7) is 0. The first-order valence-corrected chi connectivity index (χ1v) is 16.3. The summed E-state index contributed by atoms with van der Waals surface area (Å²) < 4.78 is 8.56. The Kier molecular flexibility index (Phi) is 4.44. The van der Waals surface area contributed by atoms with Crippen molar-refractivity contribution in [3.8, 4) is 28.2 Å². The Labute approximate surface area is 273 Å². The van der Waals surface area contributed by atoms with Gasteiger partial charge in [-0.3, -0.25) is 4.57 Å². The molecule has 0 saturated heterocycles. The minimum Gasteiger partial charge on any atom is -0.456 e. The van der Waals surface area contributed by atoms with E-state index in [9.17, 15) is 0 Å². The maximum absolute atomic E-state index is 6.21. The number of nitrogens with zero attached hydrogens (tertiary/aromatic N) is 3. The first kappa shape index (κ1) is 24.7. The molecule has 3 heterocycles. The van der Waals surface area contributed by atoms with Crippen LogP contribution in [0, 0.1) is 0 Å². The molecule has 0 N–H and O–H groups in total. The molecule has 0 spiro atoms. The lowest BCUT2D eigenvalue weighted by Crippen LogP contribution is -2.03. The third-order valence-corrected chi connectivity index (χ3v) is 10.5. The Morgan fingerprint density at radius 3 is 1.94 bits per heavy atom. The first-order valence-electron chi connectivity index (χ1n) is 16.3. The Morgan fingerprint density at radius 1 is 0.438 bits per heavy atom. The van der Waals surface area contributed by atoms with Gasteiger partial charge in [-0.1, -0.05) is 91.0 Å². The van der Waals surface area contributed by atoms with Crippen LogP contribution in [0.25, 0.3) is 115 Å². The summed E-state index contributed by atoms with van der Waals surface area (Å²) in [5, 5.41) is 12.4. The number of para-hydroxylation sites is 3. The second-order valence-corrected chi connectivity index (χ2v) is 12.9. The van der Waals surface area contributed by atoms with Crippen LogP contribution in [0.3, 0.4) is 0 Å². The largest absolute Gasteiger partial charge is 0.456 e. The molecule has 0 amide bonds. The maximum atomic E-state index is 6.21. The van der Waals surface area contributed by atoms with Gasteiger partial charge in [0, 0.05) is 32.5 Å². The van der Waals surface area contributed by atoms with Crippen molar-refractivity contribution >= 4 is 87.1 Å². The monoisotopic (exact) mass is 609 g/mol. The van der Waals surface area contributed by atoms with Crippen molar-refractivity contribution in [3.05, 3.63) is 140 Å². The van der Waals surface area contributed by atoms with Gasteiger partial charge in [-0.2, -0.15) is 0 Å². The molecule has 4 nitrogen and oxygen atoms in total. The molecule has 0 atom stereocenters. The maximum Gasteiger partial charge on any atom is 0.165 e. The Morgan fingerprint density at radius 2 is 1.08 bits per heavy atom. The van der Waals surface area contributed by atoms with E-state index < -0.39 is 0 Å². The fourth-order valence-electron chi connectivity index (χ4n) is 8.45. The Hall–Kier alpha value is -6.52. The standard InChI is InChI=1S/C44H23N3O/c1-4-14-36-28(8-1)31-23-27(20-22-37(31)48-36)43-44(46-33-12-3-2-11-32(33)45-43)47-34-13-6-10-30-29-9-5-7-24-15-16-25-17-18-26-19-21-35(47)42(41(30)34)40(26)39(25)38(24)29/h1-23H. The van der Waals surface area contributed by atoms with Crippen LogP contribution in [0.1, 0.15) is 0 Å². The molecule has 8 aromatic carbocycles. The molecule has 0 unspecified atom stereocenters. The van der Waals surface area contributed by atoms with Gasteiger partial charge in [0.1, 0.15) is 16.9 Å². The molecule has 0 radical (unpaired) electrons. The topological polar surface area (TPSA) is 43.9 Å². The summed E-state index contributed by atoms with van der Waals surface area (Å²) in [6.07, 6.45) is 0. The average Bonchev–Trinajstić information content (AvgIpc) is 3.64. The van der Waals surface area contributed by atoms with Crippen LogP contribution in [0.5, 0.6) is 0 Å². The SMILES string of the molecule is c1cc2c3c(c1)ccc1ccc4ccc5c(c6c-2cccc6n5-c2nc5ccccc5nc2-c2ccc5oc6ccccc6c5c2)c4c13. The number of hydrogen-bond acceptors (Lipinski definition) is 3. The highest BCUT2D eigenvalue weighted by Gasteiger charge is 2.26. The first-order chi connectivity index (χ1) is 23.8. The van der Waals surface area contributed by atoms with Crippen molar-refractivity contribution in [2.75, 3.05) is 0 Å². The van der Waals surface area contributed by atoms with Gasteiger partial charge >= 0.3 is 0 Å². The lowest BCUT2D eigenvalue weighted by molar-refractivity contribution is 0.669. The predicted octanol–water partition coefficient (Wildman–Crippen LogP) is 11.7. The highest BCUT2D eigenvalue weighted by molar-refractivity contribution is 6.38. The van der Waals surface area contributed by atoms with E-state index in [1.807, 2.05) is 30.3 Å². The molecule has 12 rings (SSSR count). The number of benzene rings is 8. The molecule has 1 aliphatic rings. The van der Waals surface area contributed by atoms with Crippen molar-refractivity contribution in [1.82, 2.24) is 14.5 Å². The molecular formula is C44H23N3O. The van der Waals surface area contributed by atoms with Crippen LogP contribution in [-0.2, 0) is 0 Å². The quantitative estimate of drug-likeness (QED) is 0.183. The zero-order valence-corrected chi connectivity index (χ0v) is 25.5. The van der Waals surface area contributed by atoms with E-state index in [-0.39, 0.29) is 0 Å². The van der Waals surface area contributed by atoms with Crippen molar-refractivity contribution in [1.29, 1.82) is 0 Å². The summed E-state index contributed by atoms with van der Waals surface area (Å²) in [5.74, 6) is 0.816.